The maximum Gasteiger partial charge on any atom is 0.238 e. The summed E-state index contributed by atoms with van der Waals surface area (Å²) in [5.41, 5.74) is 0. The summed E-state index contributed by atoms with van der Waals surface area (Å²) in [6, 6.07) is 0.943. The third-order valence-corrected chi connectivity index (χ3v) is 4.70. The van der Waals surface area contributed by atoms with Crippen LogP contribution < -0.4 is 0 Å². The lowest BCUT2D eigenvalue weighted by Gasteiger charge is -2.36. The molecule has 0 fully saturated rings. The Hall–Kier alpha value is -0.420. The van der Waals surface area contributed by atoms with E-state index in [0.717, 1.165) is 6.16 Å². The van der Waals surface area contributed by atoms with Gasteiger partial charge in [-0.15, -0.1) is 0 Å². The number of hydrogen-bond acceptors (Lipinski definition) is 2. The maximum atomic E-state index is 6.79. The molecule has 0 aliphatic rings. The van der Waals surface area contributed by atoms with Gasteiger partial charge in [-0.25, -0.2) is 6.57 Å². The molecule has 0 rings (SSSR count). The van der Waals surface area contributed by atoms with Crippen molar-refractivity contribution < 1.29 is 4.52 Å². The molecule has 3 nitrogen and oxygen atoms in total. The van der Waals surface area contributed by atoms with Gasteiger partial charge in [0.25, 0.3) is 0 Å². The largest absolute Gasteiger partial charge is 0.335 e. The summed E-state index contributed by atoms with van der Waals surface area (Å²) in [7, 11) is -0.617. The average Bonchev–Trinajstić information content (AvgIpc) is 2.24. The van der Waals surface area contributed by atoms with E-state index >= 15 is 0 Å². The molecule has 0 bridgehead atoms. The molecule has 1 atom stereocenters. The molecule has 0 aromatic carbocycles. The molecule has 0 spiro atoms. The van der Waals surface area contributed by atoms with Gasteiger partial charge in [0, 0.05) is 18.2 Å². The van der Waals surface area contributed by atoms with Crippen molar-refractivity contribution in [1.82, 2.24) is 4.67 Å². The van der Waals surface area contributed by atoms with Crippen molar-refractivity contribution in [3.05, 3.63) is 23.6 Å². The van der Waals surface area contributed by atoms with Crippen molar-refractivity contribution >= 4 is 8.30 Å². The summed E-state index contributed by atoms with van der Waals surface area (Å²) in [6.45, 7) is 18.6. The second-order valence-electron chi connectivity index (χ2n) is 4.39. The number of nitrogens with zero attached hydrogens (tertiary/aromatic N) is 2. The Labute approximate surface area is 108 Å². The Morgan fingerprint density at radius 2 is 1.88 bits per heavy atom. The molecule has 0 amide bonds. The summed E-state index contributed by atoms with van der Waals surface area (Å²) in [5, 5.41) is 0. The first-order valence-electron chi connectivity index (χ1n) is 6.17. The van der Waals surface area contributed by atoms with Crippen LogP contribution >= 0.6 is 8.30 Å². The van der Waals surface area contributed by atoms with Gasteiger partial charge in [0.05, 0.1) is 0 Å². The molecule has 0 aromatic rings. The quantitative estimate of drug-likeness (QED) is 0.283. The molecule has 1 unspecified atom stereocenters. The molecule has 0 aliphatic heterocycles. The highest BCUT2D eigenvalue weighted by Crippen LogP contribution is 2.44. The maximum absolute atomic E-state index is 6.79. The fourth-order valence-corrected chi connectivity index (χ4v) is 3.85. The molecule has 98 valence electrons. The van der Waals surface area contributed by atoms with Gasteiger partial charge in [0.15, 0.2) is 0 Å². The SMILES string of the molecule is [C-]#[N+]CCOP(CC=CC)N(C(C)C)C(C)C. The second-order valence-corrected chi connectivity index (χ2v) is 6.18. The molecule has 0 aliphatic carbocycles. The Morgan fingerprint density at radius 1 is 1.29 bits per heavy atom. The molecule has 0 saturated heterocycles. The predicted molar refractivity (Wildman–Crippen MR) is 76.1 cm³/mol. The van der Waals surface area contributed by atoms with E-state index in [0.29, 0.717) is 25.2 Å². The molecule has 0 N–H and O–H groups in total. The van der Waals surface area contributed by atoms with E-state index in [-0.39, 0.29) is 0 Å². The van der Waals surface area contributed by atoms with E-state index < -0.39 is 8.30 Å². The van der Waals surface area contributed by atoms with Crippen molar-refractivity contribution in [2.75, 3.05) is 19.3 Å². The summed E-state index contributed by atoms with van der Waals surface area (Å²) < 4.78 is 8.31. The summed E-state index contributed by atoms with van der Waals surface area (Å²) in [6.07, 6.45) is 5.16. The summed E-state index contributed by atoms with van der Waals surface area (Å²) in [5.74, 6) is 0. The third kappa shape index (κ3) is 6.78. The Bertz CT molecular complexity index is 251. The highest BCUT2D eigenvalue weighted by Gasteiger charge is 2.24. The first kappa shape index (κ1) is 16.6. The summed E-state index contributed by atoms with van der Waals surface area (Å²) >= 11 is 0. The van der Waals surface area contributed by atoms with E-state index in [9.17, 15) is 0 Å². The minimum atomic E-state index is -0.617. The molecular weight excluding hydrogens is 231 g/mol. The van der Waals surface area contributed by atoms with Crippen molar-refractivity contribution in [2.45, 2.75) is 46.7 Å². The van der Waals surface area contributed by atoms with E-state index in [1.807, 2.05) is 6.92 Å². The minimum Gasteiger partial charge on any atom is -0.335 e. The Balaban J connectivity index is 4.55. The lowest BCUT2D eigenvalue weighted by Crippen LogP contribution is -2.33. The van der Waals surface area contributed by atoms with Crippen LogP contribution in [0.4, 0.5) is 0 Å². The fraction of sp³-hybridized carbons (Fsp3) is 0.769. The molecule has 0 aromatic heterocycles. The van der Waals surface area contributed by atoms with Crippen LogP contribution in [0.15, 0.2) is 12.2 Å². The van der Waals surface area contributed by atoms with E-state index in [4.69, 9.17) is 11.1 Å². The van der Waals surface area contributed by atoms with Crippen molar-refractivity contribution in [1.29, 1.82) is 0 Å². The molecule has 4 heteroatoms. The highest BCUT2D eigenvalue weighted by molar-refractivity contribution is 7.50. The fourth-order valence-electron chi connectivity index (χ4n) is 1.71. The van der Waals surface area contributed by atoms with Crippen LogP contribution in [-0.4, -0.2) is 36.1 Å². The van der Waals surface area contributed by atoms with Crippen LogP contribution in [-0.2, 0) is 4.52 Å². The van der Waals surface area contributed by atoms with Gasteiger partial charge in [0.2, 0.25) is 6.54 Å². The minimum absolute atomic E-state index is 0.457. The molecule has 0 heterocycles. The number of hydrogen-bond donors (Lipinski definition) is 0. The third-order valence-electron chi connectivity index (χ3n) is 2.26. The first-order valence-corrected chi connectivity index (χ1v) is 7.57. The molecular formula is C13H25N2OP. The van der Waals surface area contributed by atoms with Crippen LogP contribution in [0, 0.1) is 6.57 Å². The lowest BCUT2D eigenvalue weighted by molar-refractivity contribution is 0.261. The van der Waals surface area contributed by atoms with Gasteiger partial charge < -0.3 is 9.37 Å². The molecule has 0 saturated carbocycles. The van der Waals surface area contributed by atoms with Crippen LogP contribution in [0.3, 0.4) is 0 Å². The zero-order valence-electron chi connectivity index (χ0n) is 11.7. The monoisotopic (exact) mass is 256 g/mol. The van der Waals surface area contributed by atoms with E-state index in [2.05, 4.69) is 49.4 Å². The van der Waals surface area contributed by atoms with Crippen LogP contribution in [0.2, 0.25) is 0 Å². The van der Waals surface area contributed by atoms with Gasteiger partial charge >= 0.3 is 0 Å². The predicted octanol–water partition coefficient (Wildman–Crippen LogP) is 3.93. The highest BCUT2D eigenvalue weighted by atomic mass is 31.2. The zero-order valence-corrected chi connectivity index (χ0v) is 12.6. The number of allylic oxidation sites excluding steroid dienone is 2. The van der Waals surface area contributed by atoms with Crippen molar-refractivity contribution in [3.8, 4) is 0 Å². The van der Waals surface area contributed by atoms with Gasteiger partial charge in [-0.05, 0) is 34.6 Å². The second kappa shape index (κ2) is 9.59. The van der Waals surface area contributed by atoms with Crippen molar-refractivity contribution in [3.63, 3.8) is 0 Å². The van der Waals surface area contributed by atoms with Crippen LogP contribution in [0.25, 0.3) is 4.85 Å². The Kier molecular flexibility index (Phi) is 9.36. The normalized spacial score (nSPS) is 13.8. The van der Waals surface area contributed by atoms with Crippen molar-refractivity contribution in [2.24, 2.45) is 0 Å². The first-order chi connectivity index (χ1) is 8.04. The zero-order chi connectivity index (χ0) is 13.3. The van der Waals surface area contributed by atoms with Crippen LogP contribution in [0.5, 0.6) is 0 Å². The molecule has 0 radical (unpaired) electrons. The molecule has 17 heavy (non-hydrogen) atoms. The van der Waals surface area contributed by atoms with Gasteiger partial charge in [-0.1, -0.05) is 12.2 Å². The smallest absolute Gasteiger partial charge is 0.238 e. The Morgan fingerprint density at radius 3 is 2.29 bits per heavy atom. The van der Waals surface area contributed by atoms with E-state index in [1.165, 1.54) is 0 Å². The standard InChI is InChI=1S/C13H25N2OP/c1-7-8-11-17(16-10-9-14-6)15(12(2)3)13(4)5/h7-8,12-13H,9-11H2,1-5H3. The van der Waals surface area contributed by atoms with Crippen LogP contribution in [0.1, 0.15) is 34.6 Å². The van der Waals surface area contributed by atoms with E-state index in [1.54, 1.807) is 0 Å². The summed E-state index contributed by atoms with van der Waals surface area (Å²) in [4.78, 5) is 3.34. The lowest BCUT2D eigenvalue weighted by atomic mass is 10.3. The average molecular weight is 256 g/mol. The van der Waals surface area contributed by atoms with Gasteiger partial charge in [0.1, 0.15) is 14.9 Å². The topological polar surface area (TPSA) is 16.8 Å². The van der Waals surface area contributed by atoms with Gasteiger partial charge in [-0.2, -0.15) is 0 Å². The van der Waals surface area contributed by atoms with Gasteiger partial charge in [-0.3, -0.25) is 4.67 Å². The number of rotatable bonds is 8.